The molecule has 7 nitrogen and oxygen atoms in total. The van der Waals surface area contributed by atoms with Gasteiger partial charge in [-0.25, -0.2) is 0 Å². The summed E-state index contributed by atoms with van der Waals surface area (Å²) in [6.45, 7) is 3.00. The quantitative estimate of drug-likeness (QED) is 0.587. The van der Waals surface area contributed by atoms with E-state index in [1.807, 2.05) is 13.0 Å². The third-order valence-electron chi connectivity index (χ3n) is 7.50. The highest BCUT2D eigenvalue weighted by atomic mass is 16.6. The summed E-state index contributed by atoms with van der Waals surface area (Å²) in [6, 6.07) is 1.80. The highest BCUT2D eigenvalue weighted by Gasteiger charge is 2.68. The van der Waals surface area contributed by atoms with Gasteiger partial charge >= 0.3 is 11.9 Å². The molecule has 0 amide bonds. The average Bonchev–Trinajstić information content (AvgIpc) is 3.33. The maximum absolute atomic E-state index is 13.3. The van der Waals surface area contributed by atoms with E-state index in [4.69, 9.17) is 13.9 Å². The molecule has 0 aromatic carbocycles. The van der Waals surface area contributed by atoms with E-state index in [2.05, 4.69) is 0 Å². The van der Waals surface area contributed by atoms with E-state index in [9.17, 15) is 19.8 Å². The van der Waals surface area contributed by atoms with E-state index >= 15 is 0 Å². The minimum Gasteiger partial charge on any atom is -0.472 e. The van der Waals surface area contributed by atoms with Crippen LogP contribution in [0.5, 0.6) is 0 Å². The Morgan fingerprint density at radius 2 is 2.21 bits per heavy atom. The van der Waals surface area contributed by atoms with Crippen molar-refractivity contribution in [2.75, 3.05) is 13.2 Å². The van der Waals surface area contributed by atoms with Gasteiger partial charge in [0.25, 0.3) is 0 Å². The van der Waals surface area contributed by atoms with Crippen molar-refractivity contribution in [3.63, 3.8) is 0 Å². The molecular formula is C22H28O7. The summed E-state index contributed by atoms with van der Waals surface area (Å²) < 4.78 is 16.2. The van der Waals surface area contributed by atoms with Gasteiger partial charge < -0.3 is 24.1 Å². The normalized spacial score (nSPS) is 39.0. The number of hydrogen-bond acceptors (Lipinski definition) is 7. The number of carbonyl (C=O) groups is 2. The standard InChI is InChI=1S/C22H28O7/c1-13-8-19(25)22(12-23)16(11-28-14(2)24)4-3-5-18(22)21(13)9-17(29-20(21)26)15-6-7-27-10-15/h4,6-7,10,13,17-19,23,25H,3,5,8-9,11-12H2,1-2H3. The van der Waals surface area contributed by atoms with Crippen LogP contribution in [0.25, 0.3) is 0 Å². The van der Waals surface area contributed by atoms with Gasteiger partial charge in [-0.05, 0) is 42.7 Å². The summed E-state index contributed by atoms with van der Waals surface area (Å²) in [4.78, 5) is 24.7. The van der Waals surface area contributed by atoms with Gasteiger partial charge in [0, 0.05) is 24.3 Å². The lowest BCUT2D eigenvalue weighted by atomic mass is 9.45. The van der Waals surface area contributed by atoms with Crippen LogP contribution in [0.15, 0.2) is 34.7 Å². The zero-order valence-corrected chi connectivity index (χ0v) is 16.8. The largest absolute Gasteiger partial charge is 0.472 e. The Morgan fingerprint density at radius 1 is 1.41 bits per heavy atom. The Bertz CT molecular complexity index is 813. The first-order valence-electron chi connectivity index (χ1n) is 10.2. The predicted molar refractivity (Wildman–Crippen MR) is 101 cm³/mol. The van der Waals surface area contributed by atoms with Crippen LogP contribution in [-0.2, 0) is 19.1 Å². The topological polar surface area (TPSA) is 106 Å². The van der Waals surface area contributed by atoms with Gasteiger partial charge in [-0.3, -0.25) is 9.59 Å². The van der Waals surface area contributed by atoms with E-state index in [1.54, 1.807) is 18.6 Å². The lowest BCUT2D eigenvalue weighted by Crippen LogP contribution is -2.62. The molecule has 4 rings (SSSR count). The number of ether oxygens (including phenoxy) is 2. The summed E-state index contributed by atoms with van der Waals surface area (Å²) >= 11 is 0. The Labute approximate surface area is 169 Å². The molecule has 1 saturated carbocycles. The highest BCUT2D eigenvalue weighted by molar-refractivity contribution is 5.81. The number of furan rings is 1. The molecule has 0 bridgehead atoms. The molecule has 2 aliphatic carbocycles. The number of aliphatic hydroxyl groups excluding tert-OH is 2. The van der Waals surface area contributed by atoms with E-state index in [1.165, 1.54) is 6.92 Å². The van der Waals surface area contributed by atoms with Crippen molar-refractivity contribution >= 4 is 11.9 Å². The fourth-order valence-electron chi connectivity index (χ4n) is 6.05. The number of carbonyl (C=O) groups excluding carboxylic acids is 2. The molecule has 7 heteroatoms. The van der Waals surface area contributed by atoms with Crippen LogP contribution in [0.3, 0.4) is 0 Å². The van der Waals surface area contributed by atoms with E-state index in [0.717, 1.165) is 5.56 Å². The van der Waals surface area contributed by atoms with Gasteiger partial charge in [0.05, 0.1) is 30.7 Å². The monoisotopic (exact) mass is 404 g/mol. The van der Waals surface area contributed by atoms with Crippen molar-refractivity contribution in [2.45, 2.75) is 51.7 Å². The number of aliphatic hydroxyl groups is 2. The molecule has 6 unspecified atom stereocenters. The van der Waals surface area contributed by atoms with Crippen LogP contribution in [0, 0.1) is 22.7 Å². The van der Waals surface area contributed by atoms with Crippen LogP contribution < -0.4 is 0 Å². The molecule has 158 valence electrons. The van der Waals surface area contributed by atoms with Crippen LogP contribution in [0.2, 0.25) is 0 Å². The predicted octanol–water partition coefficient (Wildman–Crippen LogP) is 2.53. The fourth-order valence-corrected chi connectivity index (χ4v) is 6.05. The van der Waals surface area contributed by atoms with Gasteiger partial charge in [-0.1, -0.05) is 13.0 Å². The SMILES string of the molecule is CC(=O)OCC1=CCCC2C3(CC(c4ccoc4)OC3=O)C(C)CC(O)C12CO. The minimum atomic E-state index is -1.02. The number of rotatable bonds is 4. The third-order valence-corrected chi connectivity index (χ3v) is 7.50. The Kier molecular flexibility index (Phi) is 5.07. The van der Waals surface area contributed by atoms with Gasteiger partial charge in [-0.15, -0.1) is 0 Å². The van der Waals surface area contributed by atoms with Gasteiger partial charge in [0.1, 0.15) is 12.7 Å². The van der Waals surface area contributed by atoms with Crippen molar-refractivity contribution in [3.05, 3.63) is 35.8 Å². The molecule has 2 N–H and O–H groups in total. The molecule has 1 spiro atoms. The molecule has 1 aromatic heterocycles. The second-order valence-corrected chi connectivity index (χ2v) is 8.69. The molecular weight excluding hydrogens is 376 g/mol. The van der Waals surface area contributed by atoms with Crippen molar-refractivity contribution in [1.29, 1.82) is 0 Å². The summed E-state index contributed by atoms with van der Waals surface area (Å²) in [5.41, 5.74) is -0.330. The number of hydrogen-bond donors (Lipinski definition) is 2. The smallest absolute Gasteiger partial charge is 0.313 e. The van der Waals surface area contributed by atoms with Crippen LogP contribution in [-0.4, -0.2) is 41.5 Å². The minimum absolute atomic E-state index is 0.00806. The van der Waals surface area contributed by atoms with Crippen LogP contribution >= 0.6 is 0 Å². The lowest BCUT2D eigenvalue weighted by molar-refractivity contribution is -0.180. The van der Waals surface area contributed by atoms with Gasteiger partial charge in [-0.2, -0.15) is 0 Å². The van der Waals surface area contributed by atoms with Crippen molar-refractivity contribution in [2.24, 2.45) is 22.7 Å². The molecule has 29 heavy (non-hydrogen) atoms. The molecule has 2 heterocycles. The summed E-state index contributed by atoms with van der Waals surface area (Å²) in [5, 5.41) is 21.7. The Hall–Kier alpha value is -2.12. The number of fused-ring (bicyclic) bond motifs is 2. The van der Waals surface area contributed by atoms with E-state index < -0.39 is 29.0 Å². The summed E-state index contributed by atoms with van der Waals surface area (Å²) in [6.07, 6.45) is 6.03. The number of cyclic esters (lactones) is 1. The molecule has 1 saturated heterocycles. The number of esters is 2. The Morgan fingerprint density at radius 3 is 2.86 bits per heavy atom. The first-order chi connectivity index (χ1) is 13.9. The van der Waals surface area contributed by atoms with E-state index in [-0.39, 0.29) is 31.0 Å². The Balaban J connectivity index is 1.76. The highest BCUT2D eigenvalue weighted by Crippen LogP contribution is 2.65. The summed E-state index contributed by atoms with van der Waals surface area (Å²) in [5.74, 6) is -1.12. The molecule has 3 aliphatic rings. The van der Waals surface area contributed by atoms with Gasteiger partial charge in [0.2, 0.25) is 0 Å². The van der Waals surface area contributed by atoms with Gasteiger partial charge in [0.15, 0.2) is 0 Å². The second-order valence-electron chi connectivity index (χ2n) is 8.69. The zero-order valence-electron chi connectivity index (χ0n) is 16.8. The zero-order chi connectivity index (χ0) is 20.8. The van der Waals surface area contributed by atoms with Crippen LogP contribution in [0.1, 0.15) is 51.2 Å². The fraction of sp³-hybridized carbons (Fsp3) is 0.636. The first kappa shape index (κ1) is 20.2. The maximum atomic E-state index is 13.3. The maximum Gasteiger partial charge on any atom is 0.313 e. The van der Waals surface area contributed by atoms with Crippen molar-refractivity contribution < 1.29 is 33.7 Å². The third kappa shape index (κ3) is 2.86. The molecule has 1 aromatic rings. The summed E-state index contributed by atoms with van der Waals surface area (Å²) in [7, 11) is 0. The van der Waals surface area contributed by atoms with E-state index in [0.29, 0.717) is 31.3 Å². The van der Waals surface area contributed by atoms with Crippen molar-refractivity contribution in [1.82, 2.24) is 0 Å². The lowest BCUT2D eigenvalue weighted by Gasteiger charge is -2.58. The number of allylic oxidation sites excluding steroid dienone is 1. The van der Waals surface area contributed by atoms with Crippen molar-refractivity contribution in [3.8, 4) is 0 Å². The molecule has 0 radical (unpaired) electrons. The molecule has 1 aliphatic heterocycles. The first-order valence-corrected chi connectivity index (χ1v) is 10.2. The van der Waals surface area contributed by atoms with Crippen LogP contribution in [0.4, 0.5) is 0 Å². The second kappa shape index (κ2) is 7.29. The average molecular weight is 404 g/mol. The molecule has 2 fully saturated rings. The molecule has 6 atom stereocenters.